The number of fused-ring (bicyclic) bond motifs is 1. The molecule has 1 aromatic heterocycles. The number of carbonyl (C=O) groups is 2. The summed E-state index contributed by atoms with van der Waals surface area (Å²) in [5.74, 6) is 0.0500. The summed E-state index contributed by atoms with van der Waals surface area (Å²) in [7, 11) is 0. The number of nitrogens with zero attached hydrogens (tertiary/aromatic N) is 1. The second-order valence-electron chi connectivity index (χ2n) is 7.14. The van der Waals surface area contributed by atoms with Crippen LogP contribution in [0.4, 0.5) is 5.69 Å². The number of amides is 2. The fourth-order valence-corrected chi connectivity index (χ4v) is 4.98. The Morgan fingerprint density at radius 2 is 1.65 bits per heavy atom. The first kappa shape index (κ1) is 17.3. The predicted octanol–water partition coefficient (Wildman–Crippen LogP) is 4.51. The van der Waals surface area contributed by atoms with Crippen LogP contribution in [0.3, 0.4) is 0 Å². The maximum Gasteiger partial charge on any atom is 0.256 e. The number of nitrogens with one attached hydrogen (secondary N) is 1. The highest BCUT2D eigenvalue weighted by molar-refractivity contribution is 7.10. The van der Waals surface area contributed by atoms with Crippen LogP contribution in [0, 0.1) is 0 Å². The molecular weight excluding hydrogens is 344 g/mol. The summed E-state index contributed by atoms with van der Waals surface area (Å²) in [6.07, 6.45) is 7.88. The maximum atomic E-state index is 12.6. The SMILES string of the molecule is O=C(Nc1ccc(C(=O)N2CCCCC2)cc1)c1csc2c1CCCC2. The van der Waals surface area contributed by atoms with Crippen LogP contribution in [0.15, 0.2) is 29.6 Å². The van der Waals surface area contributed by atoms with Crippen molar-refractivity contribution in [2.45, 2.75) is 44.9 Å². The predicted molar refractivity (Wildman–Crippen MR) is 105 cm³/mol. The van der Waals surface area contributed by atoms with Crippen molar-refractivity contribution in [3.63, 3.8) is 0 Å². The number of anilines is 1. The third-order valence-electron chi connectivity index (χ3n) is 5.34. The van der Waals surface area contributed by atoms with Gasteiger partial charge in [0.1, 0.15) is 0 Å². The van der Waals surface area contributed by atoms with Crippen LogP contribution in [0.5, 0.6) is 0 Å². The van der Waals surface area contributed by atoms with Gasteiger partial charge < -0.3 is 10.2 Å². The van der Waals surface area contributed by atoms with Crippen molar-refractivity contribution >= 4 is 28.8 Å². The van der Waals surface area contributed by atoms with Gasteiger partial charge >= 0.3 is 0 Å². The maximum absolute atomic E-state index is 12.6. The van der Waals surface area contributed by atoms with Crippen LogP contribution in [0.2, 0.25) is 0 Å². The topological polar surface area (TPSA) is 49.4 Å². The number of hydrogen-bond acceptors (Lipinski definition) is 3. The molecule has 2 heterocycles. The Hall–Kier alpha value is -2.14. The number of aryl methyl sites for hydroxylation is 1. The fraction of sp³-hybridized carbons (Fsp3) is 0.429. The lowest BCUT2D eigenvalue weighted by atomic mass is 9.95. The molecule has 1 saturated heterocycles. The molecule has 1 N–H and O–H groups in total. The molecule has 0 atom stereocenters. The number of thiophene rings is 1. The summed E-state index contributed by atoms with van der Waals surface area (Å²) in [5.41, 5.74) is 3.48. The minimum Gasteiger partial charge on any atom is -0.339 e. The van der Waals surface area contributed by atoms with Crippen molar-refractivity contribution in [1.82, 2.24) is 4.90 Å². The van der Waals surface area contributed by atoms with Crippen LogP contribution in [-0.4, -0.2) is 29.8 Å². The molecule has 26 heavy (non-hydrogen) atoms. The van der Waals surface area contributed by atoms with Crippen LogP contribution in [0.1, 0.15) is 63.3 Å². The first-order valence-corrected chi connectivity index (χ1v) is 10.4. The molecule has 4 nitrogen and oxygen atoms in total. The van der Waals surface area contributed by atoms with Crippen molar-refractivity contribution in [1.29, 1.82) is 0 Å². The summed E-state index contributed by atoms with van der Waals surface area (Å²) in [4.78, 5) is 28.4. The van der Waals surface area contributed by atoms with Crippen molar-refractivity contribution < 1.29 is 9.59 Å². The molecule has 1 aliphatic carbocycles. The Morgan fingerprint density at radius 1 is 0.923 bits per heavy atom. The van der Waals surface area contributed by atoms with Gasteiger partial charge in [-0.3, -0.25) is 9.59 Å². The van der Waals surface area contributed by atoms with E-state index in [0.29, 0.717) is 5.56 Å². The van der Waals surface area contributed by atoms with Crippen molar-refractivity contribution in [2.75, 3.05) is 18.4 Å². The number of likely N-dealkylation sites (tertiary alicyclic amines) is 1. The summed E-state index contributed by atoms with van der Waals surface area (Å²) in [6, 6.07) is 7.28. The van der Waals surface area contributed by atoms with Gasteiger partial charge in [-0.05, 0) is 74.8 Å². The Labute approximate surface area is 158 Å². The number of rotatable bonds is 3. The fourth-order valence-electron chi connectivity index (χ4n) is 3.86. The van der Waals surface area contributed by atoms with E-state index in [1.165, 1.54) is 23.3 Å². The summed E-state index contributed by atoms with van der Waals surface area (Å²) < 4.78 is 0. The van der Waals surface area contributed by atoms with Gasteiger partial charge in [-0.25, -0.2) is 0 Å². The van der Waals surface area contributed by atoms with E-state index < -0.39 is 0 Å². The van der Waals surface area contributed by atoms with Crippen LogP contribution in [-0.2, 0) is 12.8 Å². The van der Waals surface area contributed by atoms with E-state index in [4.69, 9.17) is 0 Å². The molecule has 5 heteroatoms. The molecule has 0 bridgehead atoms. The first-order chi connectivity index (χ1) is 12.7. The Kier molecular flexibility index (Phi) is 5.07. The number of benzene rings is 1. The zero-order chi connectivity index (χ0) is 17.9. The highest BCUT2D eigenvalue weighted by Gasteiger charge is 2.21. The van der Waals surface area contributed by atoms with Crippen molar-refractivity contribution in [3.05, 3.63) is 51.2 Å². The van der Waals surface area contributed by atoms with Crippen molar-refractivity contribution in [2.24, 2.45) is 0 Å². The Morgan fingerprint density at radius 3 is 2.42 bits per heavy atom. The van der Waals surface area contributed by atoms with Crippen LogP contribution < -0.4 is 5.32 Å². The Bertz CT molecular complexity index is 804. The summed E-state index contributed by atoms with van der Waals surface area (Å²) in [6.45, 7) is 1.70. The lowest BCUT2D eigenvalue weighted by Crippen LogP contribution is -2.35. The highest BCUT2D eigenvalue weighted by atomic mass is 32.1. The van der Waals surface area contributed by atoms with E-state index >= 15 is 0 Å². The van der Waals surface area contributed by atoms with E-state index in [-0.39, 0.29) is 11.8 Å². The monoisotopic (exact) mass is 368 g/mol. The van der Waals surface area contributed by atoms with Gasteiger partial charge in [-0.1, -0.05) is 0 Å². The van der Waals surface area contributed by atoms with E-state index in [1.807, 2.05) is 34.5 Å². The molecule has 4 rings (SSSR count). The second kappa shape index (κ2) is 7.62. The van der Waals surface area contributed by atoms with Crippen LogP contribution >= 0.6 is 11.3 Å². The zero-order valence-electron chi connectivity index (χ0n) is 14.9. The molecule has 2 aromatic rings. The highest BCUT2D eigenvalue weighted by Crippen LogP contribution is 2.30. The smallest absolute Gasteiger partial charge is 0.256 e. The first-order valence-electron chi connectivity index (χ1n) is 9.52. The van der Waals surface area contributed by atoms with E-state index in [2.05, 4.69) is 5.32 Å². The van der Waals surface area contributed by atoms with Crippen LogP contribution in [0.25, 0.3) is 0 Å². The number of carbonyl (C=O) groups excluding carboxylic acids is 2. The summed E-state index contributed by atoms with van der Waals surface area (Å²) >= 11 is 1.70. The standard InChI is InChI=1S/C21H24N2O2S/c24-20(18-14-26-19-7-3-2-6-17(18)19)22-16-10-8-15(9-11-16)21(25)23-12-4-1-5-13-23/h8-11,14H,1-7,12-13H2,(H,22,24). The largest absolute Gasteiger partial charge is 0.339 e. The van der Waals surface area contributed by atoms with Gasteiger partial charge in [0.15, 0.2) is 0 Å². The molecule has 1 aromatic carbocycles. The normalized spacial score (nSPS) is 16.8. The molecule has 1 fully saturated rings. The molecule has 2 aliphatic rings. The minimum absolute atomic E-state index is 0.0421. The minimum atomic E-state index is -0.0421. The molecule has 0 spiro atoms. The molecule has 0 radical (unpaired) electrons. The van der Waals surface area contributed by atoms with E-state index in [1.54, 1.807) is 11.3 Å². The van der Waals surface area contributed by atoms with E-state index in [9.17, 15) is 9.59 Å². The lowest BCUT2D eigenvalue weighted by molar-refractivity contribution is 0.0724. The molecule has 0 saturated carbocycles. The Balaban J connectivity index is 1.43. The van der Waals surface area contributed by atoms with Crippen molar-refractivity contribution in [3.8, 4) is 0 Å². The zero-order valence-corrected chi connectivity index (χ0v) is 15.7. The second-order valence-corrected chi connectivity index (χ2v) is 8.11. The van der Waals surface area contributed by atoms with Gasteiger partial charge in [0.2, 0.25) is 0 Å². The molecule has 1 aliphatic heterocycles. The third-order valence-corrected chi connectivity index (χ3v) is 6.43. The van der Waals surface area contributed by atoms with Gasteiger partial charge in [0.25, 0.3) is 11.8 Å². The average molecular weight is 369 g/mol. The number of piperidine rings is 1. The third kappa shape index (κ3) is 3.54. The van der Waals surface area contributed by atoms with E-state index in [0.717, 1.165) is 56.4 Å². The van der Waals surface area contributed by atoms with Gasteiger partial charge in [0, 0.05) is 34.6 Å². The van der Waals surface area contributed by atoms with Gasteiger partial charge in [-0.15, -0.1) is 11.3 Å². The van der Waals surface area contributed by atoms with Gasteiger partial charge in [-0.2, -0.15) is 0 Å². The molecule has 2 amide bonds. The quantitative estimate of drug-likeness (QED) is 0.867. The lowest BCUT2D eigenvalue weighted by Gasteiger charge is -2.26. The summed E-state index contributed by atoms with van der Waals surface area (Å²) in [5, 5.41) is 4.97. The molecule has 136 valence electrons. The molecule has 0 unspecified atom stereocenters. The average Bonchev–Trinajstić information content (AvgIpc) is 3.13. The molecular formula is C21H24N2O2S. The number of hydrogen-bond donors (Lipinski definition) is 1. The van der Waals surface area contributed by atoms with Gasteiger partial charge in [0.05, 0.1) is 5.56 Å².